The molecular weight excluding hydrogens is 362 g/mol. The normalized spacial score (nSPS) is 16.9. The highest BCUT2D eigenvalue weighted by Crippen LogP contribution is 2.29. The molecule has 1 N–H and O–H groups in total. The van der Waals surface area contributed by atoms with Crippen LogP contribution in [0.25, 0.3) is 21.9 Å². The fraction of sp³-hybridized carbons (Fsp3) is 0.381. The summed E-state index contributed by atoms with van der Waals surface area (Å²) in [6.07, 6.45) is 3.10. The molecule has 1 saturated heterocycles. The van der Waals surface area contributed by atoms with Crippen LogP contribution in [0.4, 0.5) is 0 Å². The first-order valence-electron chi connectivity index (χ1n) is 9.33. The van der Waals surface area contributed by atoms with Crippen LogP contribution in [-0.4, -0.2) is 34.5 Å². The lowest BCUT2D eigenvalue weighted by molar-refractivity contribution is -0.148. The number of aryl methyl sites for hydroxylation is 2. The molecule has 0 bridgehead atoms. The van der Waals surface area contributed by atoms with Crippen molar-refractivity contribution < 1.29 is 23.5 Å². The maximum atomic E-state index is 12.5. The van der Waals surface area contributed by atoms with Gasteiger partial charge in [0.2, 0.25) is 5.91 Å². The zero-order valence-corrected chi connectivity index (χ0v) is 15.8. The summed E-state index contributed by atoms with van der Waals surface area (Å²) in [5.74, 6) is -1.23. The molecule has 7 nitrogen and oxygen atoms in total. The van der Waals surface area contributed by atoms with E-state index in [1.165, 1.54) is 4.90 Å². The summed E-state index contributed by atoms with van der Waals surface area (Å²) in [6.45, 7) is 4.23. The monoisotopic (exact) mass is 383 g/mol. The third kappa shape index (κ3) is 2.96. The first kappa shape index (κ1) is 18.3. The second kappa shape index (κ2) is 6.82. The molecule has 1 aliphatic heterocycles. The van der Waals surface area contributed by atoms with E-state index < -0.39 is 17.6 Å². The molecule has 28 heavy (non-hydrogen) atoms. The van der Waals surface area contributed by atoms with Crippen molar-refractivity contribution in [2.45, 2.75) is 45.6 Å². The molecule has 1 aromatic carbocycles. The number of carboxylic acid groups (broad SMARTS) is 1. The van der Waals surface area contributed by atoms with E-state index in [0.717, 1.165) is 21.9 Å². The fourth-order valence-electron chi connectivity index (χ4n) is 4.02. The number of benzene rings is 1. The average Bonchev–Trinajstić information content (AvgIpc) is 3.27. The molecule has 1 atom stereocenters. The molecule has 1 aliphatic rings. The molecule has 3 aromatic rings. The van der Waals surface area contributed by atoms with Gasteiger partial charge < -0.3 is 18.8 Å². The van der Waals surface area contributed by atoms with E-state index in [-0.39, 0.29) is 18.7 Å². The molecule has 2 aromatic heterocycles. The summed E-state index contributed by atoms with van der Waals surface area (Å²) >= 11 is 0. The second-order valence-electron chi connectivity index (χ2n) is 7.34. The van der Waals surface area contributed by atoms with Gasteiger partial charge in [0.15, 0.2) is 0 Å². The number of amides is 1. The van der Waals surface area contributed by atoms with Crippen molar-refractivity contribution in [2.75, 3.05) is 6.54 Å². The predicted octanol–water partition coefficient (Wildman–Crippen LogP) is 3.16. The van der Waals surface area contributed by atoms with Gasteiger partial charge in [0, 0.05) is 35.4 Å². The summed E-state index contributed by atoms with van der Waals surface area (Å²) in [7, 11) is 0. The van der Waals surface area contributed by atoms with Gasteiger partial charge in [0.25, 0.3) is 0 Å². The van der Waals surface area contributed by atoms with Crippen LogP contribution in [0.3, 0.4) is 0 Å². The van der Waals surface area contributed by atoms with Gasteiger partial charge in [-0.05, 0) is 50.3 Å². The first-order chi connectivity index (χ1) is 13.4. The lowest BCUT2D eigenvalue weighted by atomic mass is 10.0. The summed E-state index contributed by atoms with van der Waals surface area (Å²) in [6, 6.07) is 2.88. The minimum atomic E-state index is -0.980. The zero-order chi connectivity index (χ0) is 20.0. The Hall–Kier alpha value is -3.09. The first-order valence-corrected chi connectivity index (χ1v) is 9.33. The van der Waals surface area contributed by atoms with Crippen LogP contribution in [0.15, 0.2) is 32.0 Å². The average molecular weight is 383 g/mol. The molecule has 1 amide bonds. The summed E-state index contributed by atoms with van der Waals surface area (Å²) < 4.78 is 10.9. The molecule has 0 unspecified atom stereocenters. The number of carbonyl (C=O) groups is 2. The van der Waals surface area contributed by atoms with Crippen molar-refractivity contribution in [3.05, 3.63) is 45.5 Å². The molecule has 4 rings (SSSR count). The van der Waals surface area contributed by atoms with Gasteiger partial charge in [-0.2, -0.15) is 0 Å². The highest BCUT2D eigenvalue weighted by atomic mass is 16.4. The van der Waals surface area contributed by atoms with Gasteiger partial charge in [-0.25, -0.2) is 9.59 Å². The van der Waals surface area contributed by atoms with Crippen LogP contribution < -0.4 is 5.63 Å². The van der Waals surface area contributed by atoms with Crippen LogP contribution in [-0.2, 0) is 16.0 Å². The van der Waals surface area contributed by atoms with Gasteiger partial charge in [-0.3, -0.25) is 4.79 Å². The van der Waals surface area contributed by atoms with E-state index in [2.05, 4.69) is 0 Å². The van der Waals surface area contributed by atoms with Gasteiger partial charge in [0.05, 0.1) is 6.26 Å². The number of fused-ring (bicyclic) bond motifs is 2. The minimum Gasteiger partial charge on any atom is -0.480 e. The molecule has 7 heteroatoms. The van der Waals surface area contributed by atoms with Crippen LogP contribution >= 0.6 is 0 Å². The lowest BCUT2D eigenvalue weighted by Gasteiger charge is -2.21. The quantitative estimate of drug-likeness (QED) is 0.695. The summed E-state index contributed by atoms with van der Waals surface area (Å²) in [5.41, 5.74) is 2.85. The van der Waals surface area contributed by atoms with Crippen LogP contribution in [0.2, 0.25) is 0 Å². The number of hydrogen-bond acceptors (Lipinski definition) is 5. The van der Waals surface area contributed by atoms with Crippen molar-refractivity contribution in [1.82, 2.24) is 4.90 Å². The third-order valence-electron chi connectivity index (χ3n) is 5.62. The predicted molar refractivity (Wildman–Crippen MR) is 102 cm³/mol. The molecule has 0 aliphatic carbocycles. The second-order valence-corrected chi connectivity index (χ2v) is 7.34. The van der Waals surface area contributed by atoms with Gasteiger partial charge in [-0.1, -0.05) is 0 Å². The van der Waals surface area contributed by atoms with Crippen molar-refractivity contribution >= 4 is 33.8 Å². The number of aliphatic carboxylic acids is 1. The summed E-state index contributed by atoms with van der Waals surface area (Å²) in [4.78, 5) is 37.7. The van der Waals surface area contributed by atoms with E-state index in [4.69, 9.17) is 8.83 Å². The van der Waals surface area contributed by atoms with Crippen molar-refractivity contribution in [3.63, 3.8) is 0 Å². The minimum absolute atomic E-state index is 0.0773. The smallest absolute Gasteiger partial charge is 0.339 e. The standard InChI is InChI=1S/C21H21NO6/c1-11-10-27-17-9-18-15(8-14(11)17)12(2)13(21(26)28-18)5-6-19(23)22-7-3-4-16(22)20(24)25/h8-10,16H,3-7H2,1-2H3,(H,24,25)/t16-/m0/s1. The molecule has 1 fully saturated rings. The third-order valence-corrected chi connectivity index (χ3v) is 5.62. The highest BCUT2D eigenvalue weighted by molar-refractivity contribution is 5.96. The largest absolute Gasteiger partial charge is 0.480 e. The van der Waals surface area contributed by atoms with Crippen LogP contribution in [0.1, 0.15) is 36.0 Å². The summed E-state index contributed by atoms with van der Waals surface area (Å²) in [5, 5.41) is 11.0. The SMILES string of the molecule is Cc1coc2cc3oc(=O)c(CCC(=O)N4CCC[C@H]4C(=O)O)c(C)c3cc12. The Morgan fingerprint density at radius 1 is 1.21 bits per heavy atom. The maximum absolute atomic E-state index is 12.5. The fourth-order valence-corrected chi connectivity index (χ4v) is 4.02. The van der Waals surface area contributed by atoms with Gasteiger partial charge in [-0.15, -0.1) is 0 Å². The Morgan fingerprint density at radius 2 is 2.00 bits per heavy atom. The van der Waals surface area contributed by atoms with Crippen molar-refractivity contribution in [1.29, 1.82) is 0 Å². The number of nitrogens with zero attached hydrogens (tertiary/aromatic N) is 1. The Balaban J connectivity index is 1.64. The molecule has 0 saturated carbocycles. The molecule has 0 radical (unpaired) electrons. The number of rotatable bonds is 4. The number of likely N-dealkylation sites (tertiary alicyclic amines) is 1. The van der Waals surface area contributed by atoms with E-state index in [9.17, 15) is 19.5 Å². The van der Waals surface area contributed by atoms with E-state index in [0.29, 0.717) is 36.1 Å². The van der Waals surface area contributed by atoms with Gasteiger partial charge in [0.1, 0.15) is 17.2 Å². The Morgan fingerprint density at radius 3 is 2.75 bits per heavy atom. The Kier molecular flexibility index (Phi) is 4.45. The van der Waals surface area contributed by atoms with Gasteiger partial charge >= 0.3 is 11.6 Å². The van der Waals surface area contributed by atoms with Crippen LogP contribution in [0.5, 0.6) is 0 Å². The molecule has 3 heterocycles. The van der Waals surface area contributed by atoms with E-state index in [1.54, 1.807) is 12.3 Å². The molecular formula is C21H21NO6. The maximum Gasteiger partial charge on any atom is 0.339 e. The number of carboxylic acids is 1. The molecule has 146 valence electrons. The molecule has 0 spiro atoms. The number of furan rings is 1. The Bertz CT molecular complexity index is 1160. The number of hydrogen-bond donors (Lipinski definition) is 1. The van der Waals surface area contributed by atoms with E-state index >= 15 is 0 Å². The zero-order valence-electron chi connectivity index (χ0n) is 15.8. The van der Waals surface area contributed by atoms with Crippen molar-refractivity contribution in [2.24, 2.45) is 0 Å². The topological polar surface area (TPSA) is 101 Å². The lowest BCUT2D eigenvalue weighted by Crippen LogP contribution is -2.40. The van der Waals surface area contributed by atoms with Crippen LogP contribution in [0, 0.1) is 13.8 Å². The van der Waals surface area contributed by atoms with E-state index in [1.807, 2.05) is 19.9 Å². The Labute approximate surface area is 160 Å². The van der Waals surface area contributed by atoms with Crippen molar-refractivity contribution in [3.8, 4) is 0 Å². The highest BCUT2D eigenvalue weighted by Gasteiger charge is 2.33. The number of carbonyl (C=O) groups excluding carboxylic acids is 1.